The quantitative estimate of drug-likeness (QED) is 0.836. The lowest BCUT2D eigenvalue weighted by Gasteiger charge is -2.18. The van der Waals surface area contributed by atoms with Crippen LogP contribution in [0.1, 0.15) is 36.8 Å². The fraction of sp³-hybridized carbons (Fsp3) is 0.538. The molecule has 1 aliphatic rings. The van der Waals surface area contributed by atoms with Gasteiger partial charge in [-0.3, -0.25) is 0 Å². The first-order chi connectivity index (χ1) is 7.55. The molecule has 0 heterocycles. The van der Waals surface area contributed by atoms with Crippen molar-refractivity contribution in [1.82, 2.24) is 0 Å². The summed E-state index contributed by atoms with van der Waals surface area (Å²) in [5.74, 6) is -2.98. The van der Waals surface area contributed by atoms with E-state index in [-0.39, 0.29) is 11.5 Å². The van der Waals surface area contributed by atoms with Crippen LogP contribution in [0.4, 0.5) is 8.78 Å². The fourth-order valence-corrected chi connectivity index (χ4v) is 1.87. The lowest BCUT2D eigenvalue weighted by atomic mass is 9.95. The molecule has 1 nitrogen and oxygen atoms in total. The van der Waals surface area contributed by atoms with Crippen molar-refractivity contribution in [3.63, 3.8) is 0 Å². The Morgan fingerprint density at radius 3 is 2.69 bits per heavy atom. The summed E-state index contributed by atoms with van der Waals surface area (Å²) in [6.07, 6.45) is 1.29. The van der Waals surface area contributed by atoms with E-state index in [1.54, 1.807) is 12.1 Å². The molecular formula is C13H17F2N. The maximum atomic E-state index is 13.9. The molecule has 0 aliphatic heterocycles. The number of halogens is 2. The fourth-order valence-electron chi connectivity index (χ4n) is 1.87. The molecule has 1 atom stereocenters. The van der Waals surface area contributed by atoms with Gasteiger partial charge in [0.1, 0.15) is 0 Å². The average Bonchev–Trinajstić information content (AvgIpc) is 3.12. The second kappa shape index (κ2) is 4.13. The van der Waals surface area contributed by atoms with Gasteiger partial charge in [-0.25, -0.2) is 8.78 Å². The van der Waals surface area contributed by atoms with E-state index in [1.807, 2.05) is 13.0 Å². The summed E-state index contributed by atoms with van der Waals surface area (Å²) in [7, 11) is 0. The number of rotatable bonds is 4. The minimum Gasteiger partial charge on any atom is -0.330 e. The van der Waals surface area contributed by atoms with Gasteiger partial charge in [0.2, 0.25) is 0 Å². The highest BCUT2D eigenvalue weighted by atomic mass is 19.3. The predicted octanol–water partition coefficient (Wildman–Crippen LogP) is 3.25. The molecule has 1 aliphatic carbocycles. The maximum absolute atomic E-state index is 13.9. The first-order valence-electron chi connectivity index (χ1n) is 5.74. The van der Waals surface area contributed by atoms with Crippen molar-refractivity contribution < 1.29 is 8.78 Å². The molecule has 88 valence electrons. The van der Waals surface area contributed by atoms with Crippen LogP contribution in [0.3, 0.4) is 0 Å². The highest BCUT2D eigenvalue weighted by Crippen LogP contribution is 2.49. The normalized spacial score (nSPS) is 18.5. The van der Waals surface area contributed by atoms with Crippen LogP contribution < -0.4 is 5.73 Å². The monoisotopic (exact) mass is 225 g/mol. The van der Waals surface area contributed by atoms with Gasteiger partial charge in [0, 0.05) is 11.5 Å². The van der Waals surface area contributed by atoms with Crippen molar-refractivity contribution in [2.75, 3.05) is 6.54 Å². The molecule has 2 N–H and O–H groups in total. The Bertz CT molecular complexity index is 372. The van der Waals surface area contributed by atoms with E-state index in [0.29, 0.717) is 19.4 Å². The molecule has 0 radical (unpaired) electrons. The van der Waals surface area contributed by atoms with Crippen LogP contribution in [0.2, 0.25) is 0 Å². The summed E-state index contributed by atoms with van der Waals surface area (Å²) < 4.78 is 27.7. The van der Waals surface area contributed by atoms with Gasteiger partial charge in [-0.15, -0.1) is 0 Å². The minimum atomic E-state index is -2.66. The predicted molar refractivity (Wildman–Crippen MR) is 60.5 cm³/mol. The van der Waals surface area contributed by atoms with Crippen molar-refractivity contribution in [2.45, 2.75) is 31.6 Å². The molecule has 1 saturated carbocycles. The van der Waals surface area contributed by atoms with E-state index in [2.05, 4.69) is 0 Å². The largest absolute Gasteiger partial charge is 0.330 e. The van der Waals surface area contributed by atoms with Gasteiger partial charge in [-0.1, -0.05) is 25.1 Å². The molecule has 1 aromatic carbocycles. The Labute approximate surface area is 94.7 Å². The number of hydrogen-bond acceptors (Lipinski definition) is 1. The molecule has 0 amide bonds. The summed E-state index contributed by atoms with van der Waals surface area (Å²) in [5.41, 5.74) is 6.60. The lowest BCUT2D eigenvalue weighted by Crippen LogP contribution is -2.17. The molecular weight excluding hydrogens is 208 g/mol. The van der Waals surface area contributed by atoms with E-state index in [9.17, 15) is 8.78 Å². The van der Waals surface area contributed by atoms with Crippen molar-refractivity contribution in [3.8, 4) is 0 Å². The van der Waals surface area contributed by atoms with Crippen molar-refractivity contribution in [3.05, 3.63) is 35.4 Å². The Balaban J connectivity index is 2.28. The molecule has 2 rings (SSSR count). The van der Waals surface area contributed by atoms with E-state index < -0.39 is 11.8 Å². The van der Waals surface area contributed by atoms with Gasteiger partial charge in [-0.2, -0.15) is 0 Å². The zero-order chi connectivity index (χ0) is 11.8. The SMILES string of the molecule is CC(CN)c1cccc(C(F)(F)C2CC2)c1. The number of hydrogen-bond donors (Lipinski definition) is 1. The summed E-state index contributed by atoms with van der Waals surface area (Å²) in [4.78, 5) is 0. The van der Waals surface area contributed by atoms with Crippen LogP contribution in [-0.2, 0) is 5.92 Å². The van der Waals surface area contributed by atoms with E-state index >= 15 is 0 Å². The average molecular weight is 225 g/mol. The van der Waals surface area contributed by atoms with Crippen LogP contribution in [0.25, 0.3) is 0 Å². The van der Waals surface area contributed by atoms with Crippen molar-refractivity contribution in [1.29, 1.82) is 0 Å². The summed E-state index contributed by atoms with van der Waals surface area (Å²) in [6, 6.07) is 6.69. The van der Waals surface area contributed by atoms with E-state index in [1.165, 1.54) is 6.07 Å². The molecule has 0 saturated heterocycles. The van der Waals surface area contributed by atoms with Crippen LogP contribution >= 0.6 is 0 Å². The molecule has 1 aromatic rings. The molecule has 0 bridgehead atoms. The maximum Gasteiger partial charge on any atom is 0.276 e. The van der Waals surface area contributed by atoms with Crippen LogP contribution in [0.5, 0.6) is 0 Å². The third-order valence-electron chi connectivity index (χ3n) is 3.28. The molecule has 0 spiro atoms. The molecule has 16 heavy (non-hydrogen) atoms. The van der Waals surface area contributed by atoms with E-state index in [4.69, 9.17) is 5.73 Å². The number of alkyl halides is 2. The Hall–Kier alpha value is -0.960. The van der Waals surface area contributed by atoms with Crippen molar-refractivity contribution in [2.24, 2.45) is 11.7 Å². The number of nitrogens with two attached hydrogens (primary N) is 1. The second-order valence-electron chi connectivity index (χ2n) is 4.66. The summed E-state index contributed by atoms with van der Waals surface area (Å²) in [5, 5.41) is 0. The topological polar surface area (TPSA) is 26.0 Å². The zero-order valence-electron chi connectivity index (χ0n) is 9.42. The second-order valence-corrected chi connectivity index (χ2v) is 4.66. The standard InChI is InChI=1S/C13H17F2N/c1-9(8-16)10-3-2-4-12(7-10)13(14,15)11-5-6-11/h2-4,7,9,11H,5-6,8,16H2,1H3. The smallest absolute Gasteiger partial charge is 0.276 e. The number of benzene rings is 1. The van der Waals surface area contributed by atoms with Crippen LogP contribution in [0, 0.1) is 5.92 Å². The Kier molecular flexibility index (Phi) is 2.98. The van der Waals surface area contributed by atoms with Crippen LogP contribution in [-0.4, -0.2) is 6.54 Å². The van der Waals surface area contributed by atoms with Gasteiger partial charge in [0.05, 0.1) is 0 Å². The molecule has 0 aromatic heterocycles. The van der Waals surface area contributed by atoms with Gasteiger partial charge in [-0.05, 0) is 36.9 Å². The van der Waals surface area contributed by atoms with Gasteiger partial charge in [0.25, 0.3) is 5.92 Å². The van der Waals surface area contributed by atoms with Gasteiger partial charge < -0.3 is 5.73 Å². The Morgan fingerprint density at radius 2 is 2.12 bits per heavy atom. The molecule has 1 fully saturated rings. The van der Waals surface area contributed by atoms with Gasteiger partial charge >= 0.3 is 0 Å². The zero-order valence-corrected chi connectivity index (χ0v) is 9.42. The molecule has 3 heteroatoms. The van der Waals surface area contributed by atoms with Gasteiger partial charge in [0.15, 0.2) is 0 Å². The molecule has 1 unspecified atom stereocenters. The highest BCUT2D eigenvalue weighted by Gasteiger charge is 2.47. The minimum absolute atomic E-state index is 0.134. The third kappa shape index (κ3) is 2.09. The van der Waals surface area contributed by atoms with Crippen molar-refractivity contribution >= 4 is 0 Å². The van der Waals surface area contributed by atoms with Crippen LogP contribution in [0.15, 0.2) is 24.3 Å². The summed E-state index contributed by atoms with van der Waals surface area (Å²) in [6.45, 7) is 2.44. The highest BCUT2D eigenvalue weighted by molar-refractivity contribution is 5.30. The lowest BCUT2D eigenvalue weighted by molar-refractivity contribution is -0.0286. The summed E-state index contributed by atoms with van der Waals surface area (Å²) >= 11 is 0. The first-order valence-corrected chi connectivity index (χ1v) is 5.74. The van der Waals surface area contributed by atoms with E-state index in [0.717, 1.165) is 5.56 Å². The third-order valence-corrected chi connectivity index (χ3v) is 3.28. The Morgan fingerprint density at radius 1 is 1.44 bits per heavy atom. The first kappa shape index (κ1) is 11.5.